The van der Waals surface area contributed by atoms with Crippen molar-refractivity contribution < 1.29 is 53.4 Å². The fourth-order valence-electron chi connectivity index (χ4n) is 18.1. The summed E-state index contributed by atoms with van der Waals surface area (Å²) in [6, 6.07) is 133. The van der Waals surface area contributed by atoms with Gasteiger partial charge in [0.25, 0.3) is 0 Å². The second-order valence-electron chi connectivity index (χ2n) is 32.2. The third kappa shape index (κ3) is 15.8. The van der Waals surface area contributed by atoms with E-state index in [9.17, 15) is 13.2 Å². The van der Waals surface area contributed by atoms with Gasteiger partial charge in [-0.2, -0.15) is 0 Å². The number of fused-ring (bicyclic) bond motifs is 9. The molecular weight excluding hydrogens is 1890 g/mol. The van der Waals surface area contributed by atoms with Crippen molar-refractivity contribution in [2.24, 2.45) is 0 Å². The number of benzene rings is 16. The number of hydrogen-bond donors (Lipinski definition) is 0. The summed E-state index contributed by atoms with van der Waals surface area (Å²) in [6.45, 7) is 11.0. The number of aromatic nitrogens is 4. The molecule has 0 aliphatic heterocycles. The van der Waals surface area contributed by atoms with Gasteiger partial charge in [0.2, 0.25) is 0 Å². The Hall–Kier alpha value is -14.0. The summed E-state index contributed by atoms with van der Waals surface area (Å²) in [5.41, 5.74) is 35.6. The quantitative estimate of drug-likeness (QED) is 0.0804. The van der Waals surface area contributed by atoms with Gasteiger partial charge in [-0.1, -0.05) is 274 Å². The molecule has 20 aromatic rings. The Balaban J connectivity index is 0.000000168. The van der Waals surface area contributed by atoms with Crippen LogP contribution in [0.4, 0.5) is 13.2 Å². The summed E-state index contributed by atoms with van der Waals surface area (Å²) in [4.78, 5) is 19.6. The Morgan fingerprint density at radius 3 is 1.15 bits per heavy atom. The van der Waals surface area contributed by atoms with Crippen molar-refractivity contribution in [1.82, 2.24) is 19.9 Å². The Morgan fingerprint density at radius 1 is 0.248 bits per heavy atom. The molecule has 2 radical (unpaired) electrons. The molecule has 0 fully saturated rings. The Bertz CT molecular complexity index is 7500. The summed E-state index contributed by atoms with van der Waals surface area (Å²) in [5, 5.41) is 7.38. The number of pyridine rings is 4. The molecular formula is C116H77F3Ir2N4-4. The molecule has 0 atom stereocenters. The number of aryl methyl sites for hydroxylation is 3. The van der Waals surface area contributed by atoms with Gasteiger partial charge in [-0.15, -0.1) is 114 Å². The van der Waals surface area contributed by atoms with E-state index in [-0.39, 0.29) is 57.0 Å². The van der Waals surface area contributed by atoms with Crippen molar-refractivity contribution in [3.63, 3.8) is 0 Å². The van der Waals surface area contributed by atoms with E-state index in [2.05, 4.69) is 318 Å². The Labute approximate surface area is 753 Å². The zero-order chi connectivity index (χ0) is 83.4. The van der Waals surface area contributed by atoms with E-state index >= 15 is 0 Å². The SMILES string of the molecule is Cc1cc(-c2ccccc2-c2ccc(-c3[c-]cc(F)cc3)nc2)cc(-c2ccccc2-c2cnc(-c3[c-]cccc3)cc2-c2ccc3c(c2)C(C)(C)c2ccccc2-3)c1.Cc1cc(-c2ccccc2-c2cnc(-c3[c-]cc(F)cc3F)cc2C)cc(-c2ccccc2-c2cnc(-c3[c-]cccc3)cc2-c2ccc3c4ccccc4c4ccccc4c3c2)c1.[Ir].[Ir]. The van der Waals surface area contributed by atoms with Crippen LogP contribution >= 0.6 is 0 Å². The van der Waals surface area contributed by atoms with Crippen LogP contribution in [-0.4, -0.2) is 19.9 Å². The van der Waals surface area contributed by atoms with Gasteiger partial charge in [0.05, 0.1) is 0 Å². The van der Waals surface area contributed by atoms with E-state index in [1.807, 2.05) is 86.2 Å². The topological polar surface area (TPSA) is 51.6 Å². The van der Waals surface area contributed by atoms with Crippen molar-refractivity contribution in [2.45, 2.75) is 40.0 Å². The van der Waals surface area contributed by atoms with Crippen molar-refractivity contribution in [3.05, 3.63) is 446 Å². The first-order chi connectivity index (χ1) is 60.2. The van der Waals surface area contributed by atoms with Crippen LogP contribution in [0.15, 0.2) is 377 Å². The van der Waals surface area contributed by atoms with Crippen molar-refractivity contribution in [1.29, 1.82) is 0 Å². The molecule has 125 heavy (non-hydrogen) atoms. The summed E-state index contributed by atoms with van der Waals surface area (Å²) in [5.74, 6) is -1.68. The first kappa shape index (κ1) is 82.0. The number of nitrogens with zero attached hydrogens (tertiary/aromatic N) is 4. The minimum absolute atomic E-state index is 0. The predicted molar refractivity (Wildman–Crippen MR) is 500 cm³/mol. The van der Waals surface area contributed by atoms with Crippen LogP contribution in [0.3, 0.4) is 0 Å². The maximum atomic E-state index is 14.8. The van der Waals surface area contributed by atoms with E-state index in [1.165, 1.54) is 66.7 Å². The molecule has 0 saturated carbocycles. The zero-order valence-corrected chi connectivity index (χ0v) is 73.7. The molecule has 21 rings (SSSR count). The molecule has 16 aromatic carbocycles. The average molecular weight is 1970 g/mol. The van der Waals surface area contributed by atoms with Crippen LogP contribution in [0, 0.1) is 62.5 Å². The van der Waals surface area contributed by atoms with Gasteiger partial charge in [-0.25, -0.2) is 0 Å². The fourth-order valence-corrected chi connectivity index (χ4v) is 18.1. The summed E-state index contributed by atoms with van der Waals surface area (Å²) in [6.07, 6.45) is 7.73. The Morgan fingerprint density at radius 2 is 0.656 bits per heavy atom. The van der Waals surface area contributed by atoms with Gasteiger partial charge in [0.15, 0.2) is 0 Å². The summed E-state index contributed by atoms with van der Waals surface area (Å²) < 4.78 is 42.0. The number of halogens is 3. The van der Waals surface area contributed by atoms with E-state index in [0.717, 1.165) is 174 Å². The minimum Gasteiger partial charge on any atom is -0.304 e. The standard InChI is InChI=1S/C60H38F2N2.C56H39FN2.2Ir/c1-37-28-41(44-16-6-8-18-46(44)56-35-64-60(30-38(56)2)53-27-25-43(61)33-58(53)62)31-42(29-37)45-17-7-9-19-47(45)57-36-63-59(39-14-4-3-5-15-39)34-54(57)40-24-26-52-50-22-11-10-20-48(50)49-21-12-13-23-51(49)55(52)32-40;1-36-29-41(45-16-8-7-15-44(45)40-24-28-54(58-34-40)38-21-25-43(57)26-22-38)31-42(30-36)46-17-9-10-18-47(46)51-35-59-55(37-13-5-4-6-14-37)33-50(51)39-23-27-49-48-19-11-12-20-52(48)56(2,3)53(49)32-39;;/h3-14,16-26,28-36H,1-2H3;4-13,15-21,23-35H,1-3H3;;/q2*-2;;. The second-order valence-corrected chi connectivity index (χ2v) is 32.2. The molecule has 0 amide bonds. The van der Waals surface area contributed by atoms with E-state index in [4.69, 9.17) is 15.0 Å². The molecule has 1 aliphatic rings. The average Bonchev–Trinajstić information content (AvgIpc) is 1.41. The third-order valence-electron chi connectivity index (χ3n) is 24.1. The molecule has 0 saturated heterocycles. The predicted octanol–water partition coefficient (Wildman–Crippen LogP) is 30.6. The van der Waals surface area contributed by atoms with E-state index in [0.29, 0.717) is 5.69 Å². The first-order valence-corrected chi connectivity index (χ1v) is 41.3. The van der Waals surface area contributed by atoms with Crippen LogP contribution < -0.4 is 0 Å². The normalized spacial score (nSPS) is 11.8. The molecule has 9 heteroatoms. The van der Waals surface area contributed by atoms with Crippen LogP contribution in [0.25, 0.3) is 200 Å². The van der Waals surface area contributed by atoms with Crippen molar-refractivity contribution in [3.8, 4) is 167 Å². The van der Waals surface area contributed by atoms with Crippen LogP contribution in [0.5, 0.6) is 0 Å². The van der Waals surface area contributed by atoms with E-state index < -0.39 is 11.6 Å². The first-order valence-electron chi connectivity index (χ1n) is 41.3. The van der Waals surface area contributed by atoms with Crippen molar-refractivity contribution >= 4 is 32.3 Å². The largest absolute Gasteiger partial charge is 0.304 e. The van der Waals surface area contributed by atoms with Crippen LogP contribution in [0.1, 0.15) is 41.7 Å². The fraction of sp³-hybridized carbons (Fsp3) is 0.0517. The zero-order valence-electron chi connectivity index (χ0n) is 68.9. The smallest absolute Gasteiger partial charge is 0.0408 e. The van der Waals surface area contributed by atoms with E-state index in [1.54, 1.807) is 12.3 Å². The maximum absolute atomic E-state index is 14.8. The van der Waals surface area contributed by atoms with Gasteiger partial charge in [-0.05, 0) is 234 Å². The molecule has 0 bridgehead atoms. The monoisotopic (exact) mass is 1970 g/mol. The minimum atomic E-state index is -0.694. The molecule has 0 spiro atoms. The van der Waals surface area contributed by atoms with Gasteiger partial charge in [0.1, 0.15) is 0 Å². The van der Waals surface area contributed by atoms with Gasteiger partial charge >= 0.3 is 0 Å². The second kappa shape index (κ2) is 34.7. The Kier molecular flexibility index (Phi) is 22.8. The third-order valence-corrected chi connectivity index (χ3v) is 24.1. The molecule has 4 heterocycles. The molecule has 4 nitrogen and oxygen atoms in total. The maximum Gasteiger partial charge on any atom is 0.0408 e. The van der Waals surface area contributed by atoms with Crippen molar-refractivity contribution in [2.75, 3.05) is 0 Å². The molecule has 1 aliphatic carbocycles. The van der Waals surface area contributed by atoms with Gasteiger partial charge in [0, 0.05) is 105 Å². The number of hydrogen-bond acceptors (Lipinski definition) is 4. The molecule has 604 valence electrons. The van der Waals surface area contributed by atoms with Crippen LogP contribution in [-0.2, 0) is 45.6 Å². The summed E-state index contributed by atoms with van der Waals surface area (Å²) in [7, 11) is 0. The molecule has 0 N–H and O–H groups in total. The van der Waals surface area contributed by atoms with Gasteiger partial charge in [-0.3, -0.25) is 13.2 Å². The number of rotatable bonds is 14. The van der Waals surface area contributed by atoms with Gasteiger partial charge < -0.3 is 19.9 Å². The molecule has 0 unspecified atom stereocenters. The molecule has 4 aromatic heterocycles. The summed E-state index contributed by atoms with van der Waals surface area (Å²) >= 11 is 0. The van der Waals surface area contributed by atoms with Crippen LogP contribution in [0.2, 0.25) is 0 Å².